The van der Waals surface area contributed by atoms with Gasteiger partial charge in [0.25, 0.3) is 5.91 Å². The number of amides is 1. The number of methoxy groups -OCH3 is 2. The quantitative estimate of drug-likeness (QED) is 0.0717. The van der Waals surface area contributed by atoms with Gasteiger partial charge in [-0.1, -0.05) is 94.8 Å². The highest BCUT2D eigenvalue weighted by atomic mass is 79.9. The van der Waals surface area contributed by atoms with Gasteiger partial charge in [0.1, 0.15) is 5.75 Å². The zero-order valence-corrected chi connectivity index (χ0v) is 30.8. The zero-order valence-electron chi connectivity index (χ0n) is 29.2. The van der Waals surface area contributed by atoms with E-state index in [1.165, 1.54) is 0 Å². The Labute approximate surface area is 312 Å². The molecular weight excluding hydrogens is 722 g/mol. The van der Waals surface area contributed by atoms with E-state index in [9.17, 15) is 4.79 Å². The van der Waals surface area contributed by atoms with Gasteiger partial charge < -0.3 is 24.1 Å². The van der Waals surface area contributed by atoms with Gasteiger partial charge in [-0.25, -0.2) is 10.4 Å². The van der Waals surface area contributed by atoms with Crippen molar-refractivity contribution in [3.63, 3.8) is 0 Å². The third-order valence-electron chi connectivity index (χ3n) is 8.96. The molecule has 0 saturated carbocycles. The van der Waals surface area contributed by atoms with Crippen LogP contribution in [-0.4, -0.2) is 56.4 Å². The van der Waals surface area contributed by atoms with Crippen LogP contribution in [0.25, 0.3) is 11.1 Å². The van der Waals surface area contributed by atoms with Gasteiger partial charge in [0.2, 0.25) is 5.90 Å². The van der Waals surface area contributed by atoms with Crippen LogP contribution in [0.4, 0.5) is 0 Å². The van der Waals surface area contributed by atoms with Crippen LogP contribution in [0.15, 0.2) is 131 Å². The Hall–Kier alpha value is -5.16. The lowest BCUT2D eigenvalue weighted by Crippen LogP contribution is -2.54. The fourth-order valence-electron chi connectivity index (χ4n) is 6.19. The summed E-state index contributed by atoms with van der Waals surface area (Å²) in [6.45, 7) is 0.920. The maximum absolute atomic E-state index is 14.7. The van der Waals surface area contributed by atoms with Crippen LogP contribution < -0.4 is 25.1 Å². The van der Waals surface area contributed by atoms with Gasteiger partial charge in [0.15, 0.2) is 23.1 Å². The van der Waals surface area contributed by atoms with Crippen molar-refractivity contribution in [1.29, 1.82) is 0 Å². The highest BCUT2D eigenvalue weighted by Crippen LogP contribution is 2.43. The van der Waals surface area contributed by atoms with E-state index in [0.29, 0.717) is 54.7 Å². The lowest BCUT2D eigenvalue weighted by molar-refractivity contribution is -0.130. The van der Waals surface area contributed by atoms with E-state index in [4.69, 9.17) is 29.0 Å². The van der Waals surface area contributed by atoms with Gasteiger partial charge in [-0.05, 0) is 76.7 Å². The Balaban J connectivity index is 1.33. The number of rotatable bonds is 16. The first kappa shape index (κ1) is 36.6. The van der Waals surface area contributed by atoms with Crippen molar-refractivity contribution in [2.45, 2.75) is 30.9 Å². The average Bonchev–Trinajstić information content (AvgIpc) is 3.58. The van der Waals surface area contributed by atoms with Crippen LogP contribution >= 0.6 is 15.9 Å². The van der Waals surface area contributed by atoms with Gasteiger partial charge >= 0.3 is 0 Å². The first-order chi connectivity index (χ1) is 25.4. The van der Waals surface area contributed by atoms with Crippen molar-refractivity contribution in [2.24, 2.45) is 4.99 Å². The lowest BCUT2D eigenvalue weighted by atomic mass is 9.82. The molecule has 1 heterocycles. The summed E-state index contributed by atoms with van der Waals surface area (Å²) < 4.78 is 24.2. The summed E-state index contributed by atoms with van der Waals surface area (Å²) in [4.78, 5) is 19.8. The standard InChI is InChI=1S/C42H42BrN3O6/c1-49-37-22-13-29(27-38(37)50-2)23-24-44-46-41(48)42(28-34-11-6-7-12-36(34)43)39(32-16-14-31(15-17-32)30-9-4-3-5-10-30)52-40(45-42)33-18-20-35(21-19-33)51-26-8-25-47/h3-7,9-22,27,39,44,47H,8,23-26,28H2,1-2H3,(H,46,48)/t39-,42-/m0/s1. The van der Waals surface area contributed by atoms with Gasteiger partial charge in [0.05, 0.1) is 20.8 Å². The number of benzene rings is 5. The van der Waals surface area contributed by atoms with E-state index in [-0.39, 0.29) is 18.9 Å². The summed E-state index contributed by atoms with van der Waals surface area (Å²) in [5.74, 6) is 1.99. The smallest absolute Gasteiger partial charge is 0.266 e. The Kier molecular flexibility index (Phi) is 12.2. The molecule has 1 aliphatic rings. The van der Waals surface area contributed by atoms with Crippen molar-refractivity contribution in [2.75, 3.05) is 34.0 Å². The number of aliphatic hydroxyl groups is 1. The van der Waals surface area contributed by atoms with E-state index in [1.807, 2.05) is 109 Å². The topological polar surface area (TPSA) is 111 Å². The van der Waals surface area contributed by atoms with Crippen LogP contribution in [0.5, 0.6) is 17.2 Å². The van der Waals surface area contributed by atoms with E-state index in [1.54, 1.807) is 14.2 Å². The maximum Gasteiger partial charge on any atom is 0.266 e. The van der Waals surface area contributed by atoms with Crippen molar-refractivity contribution in [3.8, 4) is 28.4 Å². The van der Waals surface area contributed by atoms with Gasteiger partial charge in [-0.2, -0.15) is 0 Å². The molecule has 3 N–H and O–H groups in total. The molecular formula is C42H42BrN3O6. The minimum atomic E-state index is -1.39. The van der Waals surface area contributed by atoms with E-state index >= 15 is 0 Å². The molecule has 0 bridgehead atoms. The Morgan fingerprint density at radius 3 is 2.25 bits per heavy atom. The number of aliphatic imine (C=N–C) groups is 1. The third-order valence-corrected chi connectivity index (χ3v) is 9.73. The number of carbonyl (C=O) groups excluding carboxylic acids is 1. The maximum atomic E-state index is 14.7. The summed E-state index contributed by atoms with van der Waals surface area (Å²) in [6, 6.07) is 39.3. The number of hydrazine groups is 1. The largest absolute Gasteiger partial charge is 0.494 e. The predicted molar refractivity (Wildman–Crippen MR) is 206 cm³/mol. The number of nitrogens with zero attached hydrogens (tertiary/aromatic N) is 1. The monoisotopic (exact) mass is 763 g/mol. The lowest BCUT2D eigenvalue weighted by Gasteiger charge is -2.31. The Morgan fingerprint density at radius 2 is 1.54 bits per heavy atom. The van der Waals surface area contributed by atoms with Crippen LogP contribution in [0.2, 0.25) is 0 Å². The van der Waals surface area contributed by atoms with E-state index < -0.39 is 11.6 Å². The molecule has 52 heavy (non-hydrogen) atoms. The molecule has 0 radical (unpaired) electrons. The van der Waals surface area contributed by atoms with Crippen molar-refractivity contribution < 1.29 is 28.8 Å². The molecule has 0 saturated heterocycles. The SMILES string of the molecule is COc1ccc(CCNNC(=O)[C@@]2(Cc3ccccc3Br)N=C(c3ccc(OCCCO)cc3)O[C@H]2c2ccc(-c3ccccc3)cc2)cc1OC. The normalized spacial score (nSPS) is 16.5. The molecule has 268 valence electrons. The molecule has 9 nitrogen and oxygen atoms in total. The average molecular weight is 765 g/mol. The van der Waals surface area contributed by atoms with Crippen LogP contribution in [-0.2, 0) is 22.4 Å². The molecule has 5 aromatic rings. The predicted octanol–water partition coefficient (Wildman–Crippen LogP) is 7.26. The molecule has 1 aliphatic heterocycles. The zero-order chi connectivity index (χ0) is 36.3. The second-order valence-corrected chi connectivity index (χ2v) is 13.2. The molecule has 0 fully saturated rings. The number of aliphatic hydroxyl groups excluding tert-OH is 1. The molecule has 0 spiro atoms. The fraction of sp³-hybridized carbons (Fsp3) is 0.238. The molecule has 6 rings (SSSR count). The number of halogens is 1. The summed E-state index contributed by atoms with van der Waals surface area (Å²) in [5.41, 5.74) is 10.4. The summed E-state index contributed by atoms with van der Waals surface area (Å²) in [5, 5.41) is 9.14. The third kappa shape index (κ3) is 8.48. The molecule has 5 aromatic carbocycles. The van der Waals surface area contributed by atoms with Gasteiger partial charge in [0, 0.05) is 36.0 Å². The fourth-order valence-corrected chi connectivity index (χ4v) is 6.61. The van der Waals surface area contributed by atoms with Crippen LogP contribution in [0, 0.1) is 0 Å². The van der Waals surface area contributed by atoms with Gasteiger partial charge in [-0.15, -0.1) is 0 Å². The molecule has 0 unspecified atom stereocenters. The van der Waals surface area contributed by atoms with Crippen molar-refractivity contribution >= 4 is 27.7 Å². The summed E-state index contributed by atoms with van der Waals surface area (Å²) >= 11 is 3.71. The summed E-state index contributed by atoms with van der Waals surface area (Å²) in [6.07, 6.45) is 0.666. The second-order valence-electron chi connectivity index (χ2n) is 12.4. The first-order valence-corrected chi connectivity index (χ1v) is 18.0. The van der Waals surface area contributed by atoms with Gasteiger partial charge in [-0.3, -0.25) is 10.2 Å². The number of hydrogen-bond acceptors (Lipinski definition) is 8. The number of hydrogen-bond donors (Lipinski definition) is 3. The number of carbonyl (C=O) groups is 1. The molecule has 10 heteroatoms. The molecule has 0 aliphatic carbocycles. The van der Waals surface area contributed by atoms with Crippen LogP contribution in [0.1, 0.15) is 34.8 Å². The first-order valence-electron chi connectivity index (χ1n) is 17.2. The highest BCUT2D eigenvalue weighted by molar-refractivity contribution is 9.10. The second kappa shape index (κ2) is 17.4. The van der Waals surface area contributed by atoms with E-state index in [2.05, 4.69) is 38.9 Å². The Bertz CT molecular complexity index is 1970. The van der Waals surface area contributed by atoms with Crippen LogP contribution in [0.3, 0.4) is 0 Å². The molecule has 1 amide bonds. The minimum Gasteiger partial charge on any atom is -0.494 e. The number of nitrogens with one attached hydrogen (secondary N) is 2. The minimum absolute atomic E-state index is 0.0587. The van der Waals surface area contributed by atoms with E-state index in [0.717, 1.165) is 32.3 Å². The Morgan fingerprint density at radius 1 is 0.846 bits per heavy atom. The molecule has 0 aromatic heterocycles. The molecule has 2 atom stereocenters. The summed E-state index contributed by atoms with van der Waals surface area (Å²) in [7, 11) is 3.21. The van der Waals surface area contributed by atoms with Crippen molar-refractivity contribution in [3.05, 3.63) is 148 Å². The van der Waals surface area contributed by atoms with Crippen molar-refractivity contribution in [1.82, 2.24) is 10.9 Å². The number of ether oxygens (including phenoxy) is 4. The highest BCUT2D eigenvalue weighted by Gasteiger charge is 2.53.